The summed E-state index contributed by atoms with van der Waals surface area (Å²) in [6.45, 7) is 0.789. The largest absolute Gasteiger partial charge is 0.347 e. The number of rotatable bonds is 1. The Kier molecular flexibility index (Phi) is 3.12. The van der Waals surface area contributed by atoms with Gasteiger partial charge in [-0.3, -0.25) is 4.79 Å². The van der Waals surface area contributed by atoms with Gasteiger partial charge in [0.2, 0.25) is 5.91 Å². The molecule has 0 aromatic heterocycles. The third-order valence-electron chi connectivity index (χ3n) is 4.07. The SMILES string of the molecule is O=C1CN2C(=Nc3ccccc3[C@H]2c2ccc(Cl)cc2)CN1. The molecule has 4 rings (SSSR count). The molecule has 1 N–H and O–H groups in total. The number of hydrogen-bond donors (Lipinski definition) is 1. The number of piperazine rings is 1. The molecule has 0 spiro atoms. The molecular weight excluding hydrogens is 298 g/mol. The van der Waals surface area contributed by atoms with E-state index in [1.807, 2.05) is 42.5 Å². The molecule has 2 heterocycles. The highest BCUT2D eigenvalue weighted by molar-refractivity contribution is 6.30. The van der Waals surface area contributed by atoms with Gasteiger partial charge in [0.1, 0.15) is 5.84 Å². The lowest BCUT2D eigenvalue weighted by atomic mass is 9.93. The van der Waals surface area contributed by atoms with Crippen molar-refractivity contribution in [3.05, 3.63) is 64.7 Å². The van der Waals surface area contributed by atoms with Crippen molar-refractivity contribution in [3.63, 3.8) is 0 Å². The molecule has 2 aromatic rings. The molecule has 110 valence electrons. The second-order valence-corrected chi connectivity index (χ2v) is 5.88. The first-order valence-electron chi connectivity index (χ1n) is 7.18. The summed E-state index contributed by atoms with van der Waals surface area (Å²) in [7, 11) is 0. The van der Waals surface area contributed by atoms with Crippen LogP contribution < -0.4 is 5.32 Å². The molecule has 0 radical (unpaired) electrons. The zero-order valence-electron chi connectivity index (χ0n) is 11.8. The van der Waals surface area contributed by atoms with Crippen LogP contribution in [-0.4, -0.2) is 29.7 Å². The number of nitrogens with zero attached hydrogens (tertiary/aromatic N) is 2. The first-order chi connectivity index (χ1) is 10.7. The number of nitrogens with one attached hydrogen (secondary N) is 1. The van der Waals surface area contributed by atoms with Gasteiger partial charge >= 0.3 is 0 Å². The zero-order valence-corrected chi connectivity index (χ0v) is 12.5. The second kappa shape index (κ2) is 5.14. The van der Waals surface area contributed by atoms with Gasteiger partial charge in [-0.25, -0.2) is 4.99 Å². The number of aliphatic imine (C=N–C) groups is 1. The molecule has 2 aliphatic rings. The Morgan fingerprint density at radius 2 is 1.91 bits per heavy atom. The maximum Gasteiger partial charge on any atom is 0.239 e. The number of benzene rings is 2. The van der Waals surface area contributed by atoms with Crippen molar-refractivity contribution in [2.45, 2.75) is 6.04 Å². The molecule has 0 saturated carbocycles. The van der Waals surface area contributed by atoms with Gasteiger partial charge in [0, 0.05) is 10.6 Å². The Labute approximate surface area is 133 Å². The molecule has 2 aliphatic heterocycles. The van der Waals surface area contributed by atoms with E-state index in [0.29, 0.717) is 18.1 Å². The Bertz CT molecular complexity index is 770. The fourth-order valence-corrected chi connectivity index (χ4v) is 3.18. The highest BCUT2D eigenvalue weighted by Gasteiger charge is 2.34. The van der Waals surface area contributed by atoms with Crippen molar-refractivity contribution in [1.29, 1.82) is 0 Å². The van der Waals surface area contributed by atoms with E-state index in [0.717, 1.165) is 22.6 Å². The molecule has 0 aliphatic carbocycles. The summed E-state index contributed by atoms with van der Waals surface area (Å²) < 4.78 is 0. The predicted octanol–water partition coefficient (Wildman–Crippen LogP) is 2.90. The van der Waals surface area contributed by atoms with E-state index in [2.05, 4.69) is 16.3 Å². The Morgan fingerprint density at radius 1 is 1.14 bits per heavy atom. The van der Waals surface area contributed by atoms with Gasteiger partial charge in [0.25, 0.3) is 0 Å². The number of para-hydroxylation sites is 1. The van der Waals surface area contributed by atoms with Crippen LogP contribution in [0.2, 0.25) is 5.02 Å². The summed E-state index contributed by atoms with van der Waals surface area (Å²) in [6.07, 6.45) is 0. The maximum absolute atomic E-state index is 11.8. The number of hydrogen-bond acceptors (Lipinski definition) is 3. The summed E-state index contributed by atoms with van der Waals surface area (Å²) in [5.41, 5.74) is 3.19. The smallest absolute Gasteiger partial charge is 0.239 e. The van der Waals surface area contributed by atoms with Crippen molar-refractivity contribution in [3.8, 4) is 0 Å². The van der Waals surface area contributed by atoms with Crippen LogP contribution in [-0.2, 0) is 4.79 Å². The van der Waals surface area contributed by atoms with Crippen LogP contribution in [0.25, 0.3) is 0 Å². The van der Waals surface area contributed by atoms with E-state index in [1.165, 1.54) is 0 Å². The van der Waals surface area contributed by atoms with Gasteiger partial charge in [-0.2, -0.15) is 0 Å². The van der Waals surface area contributed by atoms with Crippen LogP contribution >= 0.6 is 11.6 Å². The topological polar surface area (TPSA) is 44.7 Å². The van der Waals surface area contributed by atoms with Gasteiger partial charge in [0.05, 0.1) is 24.8 Å². The fourth-order valence-electron chi connectivity index (χ4n) is 3.06. The van der Waals surface area contributed by atoms with E-state index in [9.17, 15) is 4.79 Å². The molecule has 5 heteroatoms. The van der Waals surface area contributed by atoms with Crippen LogP contribution in [0, 0.1) is 0 Å². The first kappa shape index (κ1) is 13.3. The van der Waals surface area contributed by atoms with E-state index >= 15 is 0 Å². The highest BCUT2D eigenvalue weighted by Crippen LogP contribution is 2.39. The van der Waals surface area contributed by atoms with Gasteiger partial charge in [-0.05, 0) is 23.8 Å². The minimum Gasteiger partial charge on any atom is -0.347 e. The van der Waals surface area contributed by atoms with Crippen molar-refractivity contribution in [2.24, 2.45) is 4.99 Å². The third kappa shape index (κ3) is 2.16. The number of halogens is 1. The first-order valence-corrected chi connectivity index (χ1v) is 7.55. The van der Waals surface area contributed by atoms with Crippen LogP contribution in [0.4, 0.5) is 5.69 Å². The highest BCUT2D eigenvalue weighted by atomic mass is 35.5. The van der Waals surface area contributed by atoms with Crippen molar-refractivity contribution < 1.29 is 4.79 Å². The number of fused-ring (bicyclic) bond motifs is 2. The number of carbonyl (C=O) groups excluding carboxylic acids is 1. The lowest BCUT2D eigenvalue weighted by molar-refractivity contribution is -0.122. The van der Waals surface area contributed by atoms with Gasteiger partial charge in [0.15, 0.2) is 0 Å². The molecule has 1 atom stereocenters. The fraction of sp³-hybridized carbons (Fsp3) is 0.176. The average Bonchev–Trinajstić information content (AvgIpc) is 2.54. The lowest BCUT2D eigenvalue weighted by Crippen LogP contribution is -2.53. The molecule has 0 bridgehead atoms. The van der Waals surface area contributed by atoms with Crippen LogP contribution in [0.15, 0.2) is 53.5 Å². The zero-order chi connectivity index (χ0) is 15.1. The molecule has 1 amide bonds. The second-order valence-electron chi connectivity index (χ2n) is 5.45. The number of amides is 1. The van der Waals surface area contributed by atoms with Gasteiger partial charge in [-0.1, -0.05) is 41.9 Å². The Balaban J connectivity index is 1.87. The molecule has 22 heavy (non-hydrogen) atoms. The normalized spacial score (nSPS) is 19.9. The van der Waals surface area contributed by atoms with E-state index in [4.69, 9.17) is 16.6 Å². The summed E-state index contributed by atoms with van der Waals surface area (Å²) in [4.78, 5) is 18.6. The van der Waals surface area contributed by atoms with Crippen LogP contribution in [0.5, 0.6) is 0 Å². The van der Waals surface area contributed by atoms with E-state index in [-0.39, 0.29) is 11.9 Å². The molecule has 1 fully saturated rings. The average molecular weight is 312 g/mol. The summed E-state index contributed by atoms with van der Waals surface area (Å²) >= 11 is 6.01. The summed E-state index contributed by atoms with van der Waals surface area (Å²) in [5, 5.41) is 3.57. The van der Waals surface area contributed by atoms with E-state index in [1.54, 1.807) is 0 Å². The van der Waals surface area contributed by atoms with Crippen molar-refractivity contribution in [1.82, 2.24) is 10.2 Å². The minimum atomic E-state index is -0.00739. The molecule has 2 aromatic carbocycles. The quantitative estimate of drug-likeness (QED) is 0.880. The van der Waals surface area contributed by atoms with Gasteiger partial charge < -0.3 is 10.2 Å². The predicted molar refractivity (Wildman–Crippen MR) is 86.5 cm³/mol. The Morgan fingerprint density at radius 3 is 2.73 bits per heavy atom. The summed E-state index contributed by atoms with van der Waals surface area (Å²) in [6, 6.07) is 15.9. The third-order valence-corrected chi connectivity index (χ3v) is 4.32. The molecule has 0 unspecified atom stereocenters. The molecule has 4 nitrogen and oxygen atoms in total. The van der Waals surface area contributed by atoms with Crippen molar-refractivity contribution >= 4 is 29.0 Å². The lowest BCUT2D eigenvalue weighted by Gasteiger charge is -2.40. The van der Waals surface area contributed by atoms with Crippen molar-refractivity contribution in [2.75, 3.05) is 13.1 Å². The number of amidine groups is 1. The molecular formula is C17H14ClN3O. The minimum absolute atomic E-state index is 0.00739. The molecule has 1 saturated heterocycles. The Hall–Kier alpha value is -2.33. The summed E-state index contributed by atoms with van der Waals surface area (Å²) in [5.74, 6) is 0.926. The standard InChI is InChI=1S/C17H14ClN3O/c18-12-7-5-11(6-8-12)17-13-3-1-2-4-14(13)20-15-9-19-16(22)10-21(15)17/h1-8,17H,9-10H2,(H,19,22)/t17-/m1/s1. The monoisotopic (exact) mass is 311 g/mol. The van der Waals surface area contributed by atoms with Gasteiger partial charge in [-0.15, -0.1) is 0 Å². The van der Waals surface area contributed by atoms with Crippen LogP contribution in [0.1, 0.15) is 17.2 Å². The van der Waals surface area contributed by atoms with E-state index < -0.39 is 0 Å². The number of carbonyl (C=O) groups is 1. The van der Waals surface area contributed by atoms with Crippen LogP contribution in [0.3, 0.4) is 0 Å². The maximum atomic E-state index is 11.8.